The van der Waals surface area contributed by atoms with Crippen molar-refractivity contribution < 1.29 is 19.2 Å². The number of carbonyl (C=O) groups excluding carboxylic acids is 4. The van der Waals surface area contributed by atoms with Crippen LogP contribution in [-0.4, -0.2) is 23.6 Å². The first-order valence-corrected chi connectivity index (χ1v) is 6.97. The maximum absolute atomic E-state index is 12.0. The highest BCUT2D eigenvalue weighted by Crippen LogP contribution is 2.66. The summed E-state index contributed by atoms with van der Waals surface area (Å²) in [5.41, 5.74) is 0. The average molecular weight is 272 g/mol. The number of fused-ring (bicyclic) bond motifs is 1. The lowest BCUT2D eigenvalue weighted by molar-refractivity contribution is -0.166. The van der Waals surface area contributed by atoms with Gasteiger partial charge in [-0.05, 0) is 23.7 Å². The van der Waals surface area contributed by atoms with Crippen molar-refractivity contribution in [2.75, 3.05) is 0 Å². The molecule has 0 unspecified atom stereocenters. The normalized spacial score (nSPS) is 54.0. The number of rotatable bonds is 0. The maximum atomic E-state index is 12.0. The summed E-state index contributed by atoms with van der Waals surface area (Å²) in [7, 11) is 0. The summed E-state index contributed by atoms with van der Waals surface area (Å²) in [6, 6.07) is 0. The quantitative estimate of drug-likeness (QED) is 0.429. The third-order valence-electron chi connectivity index (χ3n) is 6.03. The van der Waals surface area contributed by atoms with Gasteiger partial charge in [-0.3, -0.25) is 29.8 Å². The van der Waals surface area contributed by atoms with E-state index in [-0.39, 0.29) is 71.0 Å². The Morgan fingerprint density at radius 2 is 0.950 bits per heavy atom. The molecular weight excluding hydrogens is 260 g/mol. The highest BCUT2D eigenvalue weighted by atomic mass is 16.2. The number of imide groups is 2. The zero-order valence-corrected chi connectivity index (χ0v) is 10.4. The van der Waals surface area contributed by atoms with Crippen molar-refractivity contribution in [3.05, 3.63) is 12.2 Å². The number of amides is 4. The second kappa shape index (κ2) is 3.02. The summed E-state index contributed by atoms with van der Waals surface area (Å²) in [4.78, 5) is 47.8. The van der Waals surface area contributed by atoms with Crippen LogP contribution in [0.2, 0.25) is 0 Å². The lowest BCUT2D eigenvalue weighted by Crippen LogP contribution is -2.63. The SMILES string of the molecule is O=C1NC(=O)[C@@H]2[C@@H]3C=C[C@@H]([C@@H]12)[C@H]1[C@H]2C(=O)NC(=O)[C@@H]2[C@H]31. The zero-order chi connectivity index (χ0) is 13.8. The molecule has 2 aliphatic heterocycles. The van der Waals surface area contributed by atoms with Crippen LogP contribution in [0.25, 0.3) is 0 Å². The maximum Gasteiger partial charge on any atom is 0.231 e. The van der Waals surface area contributed by atoms with Gasteiger partial charge in [-0.1, -0.05) is 12.2 Å². The van der Waals surface area contributed by atoms with E-state index in [1.54, 1.807) is 0 Å². The highest BCUT2D eigenvalue weighted by molar-refractivity contribution is 6.09. The van der Waals surface area contributed by atoms with Crippen LogP contribution in [-0.2, 0) is 19.2 Å². The Morgan fingerprint density at radius 3 is 1.35 bits per heavy atom. The highest BCUT2D eigenvalue weighted by Gasteiger charge is 2.72. The van der Waals surface area contributed by atoms with Crippen molar-refractivity contribution in [3.8, 4) is 0 Å². The molecule has 0 spiro atoms. The van der Waals surface area contributed by atoms with Gasteiger partial charge >= 0.3 is 0 Å². The molecule has 6 aliphatic rings. The summed E-state index contributed by atoms with van der Waals surface area (Å²) in [5, 5.41) is 4.81. The zero-order valence-electron chi connectivity index (χ0n) is 10.4. The summed E-state index contributed by atoms with van der Waals surface area (Å²) >= 11 is 0. The van der Waals surface area contributed by atoms with E-state index in [1.165, 1.54) is 0 Å². The van der Waals surface area contributed by atoms with E-state index in [1.807, 2.05) is 12.2 Å². The second-order valence-electron chi connectivity index (χ2n) is 6.50. The van der Waals surface area contributed by atoms with Crippen LogP contribution in [0.15, 0.2) is 12.2 Å². The van der Waals surface area contributed by atoms with Crippen molar-refractivity contribution in [1.82, 2.24) is 10.6 Å². The Hall–Kier alpha value is -1.98. The van der Waals surface area contributed by atoms with E-state index >= 15 is 0 Å². The summed E-state index contributed by atoms with van der Waals surface area (Å²) in [5.74, 6) is -2.21. The lowest BCUT2D eigenvalue weighted by Gasteiger charge is -2.60. The molecule has 2 saturated carbocycles. The Morgan fingerprint density at radius 1 is 0.600 bits per heavy atom. The minimum Gasteiger partial charge on any atom is -0.296 e. The third kappa shape index (κ3) is 0.910. The molecule has 2 N–H and O–H groups in total. The van der Waals surface area contributed by atoms with Crippen molar-refractivity contribution in [3.63, 3.8) is 0 Å². The fourth-order valence-corrected chi connectivity index (χ4v) is 5.44. The van der Waals surface area contributed by atoms with Crippen molar-refractivity contribution >= 4 is 23.6 Å². The fourth-order valence-electron chi connectivity index (χ4n) is 5.44. The predicted molar refractivity (Wildman–Crippen MR) is 63.4 cm³/mol. The largest absolute Gasteiger partial charge is 0.296 e. The Labute approximate surface area is 114 Å². The predicted octanol–water partition coefficient (Wildman–Crippen LogP) is -1.17. The molecule has 2 saturated heterocycles. The molecule has 8 atom stereocenters. The molecule has 0 radical (unpaired) electrons. The number of nitrogens with one attached hydrogen (secondary N) is 2. The van der Waals surface area contributed by atoms with Crippen molar-refractivity contribution in [1.29, 1.82) is 0 Å². The van der Waals surface area contributed by atoms with Gasteiger partial charge in [-0.2, -0.15) is 0 Å². The van der Waals surface area contributed by atoms with Gasteiger partial charge in [0.15, 0.2) is 0 Å². The fraction of sp³-hybridized carbons (Fsp3) is 0.571. The first kappa shape index (κ1) is 10.8. The molecular formula is C14H12N2O4. The molecule has 4 fully saturated rings. The number of carbonyl (C=O) groups is 4. The van der Waals surface area contributed by atoms with Gasteiger partial charge in [0, 0.05) is 0 Å². The van der Waals surface area contributed by atoms with Crippen LogP contribution in [0, 0.1) is 47.3 Å². The summed E-state index contributed by atoms with van der Waals surface area (Å²) < 4.78 is 0. The molecule has 2 heterocycles. The van der Waals surface area contributed by atoms with E-state index in [4.69, 9.17) is 0 Å². The first-order valence-electron chi connectivity index (χ1n) is 6.97. The Kier molecular flexibility index (Phi) is 1.63. The van der Waals surface area contributed by atoms with Crippen LogP contribution in [0.1, 0.15) is 0 Å². The minimum absolute atomic E-state index is 0.0411. The molecule has 6 rings (SSSR count). The summed E-state index contributed by atoms with van der Waals surface area (Å²) in [6.07, 6.45) is 3.97. The molecule has 2 bridgehead atoms. The molecule has 20 heavy (non-hydrogen) atoms. The van der Waals surface area contributed by atoms with E-state index in [0.717, 1.165) is 0 Å². The van der Waals surface area contributed by atoms with Crippen molar-refractivity contribution in [2.24, 2.45) is 47.3 Å². The molecule has 4 aliphatic carbocycles. The smallest absolute Gasteiger partial charge is 0.231 e. The molecule has 6 nitrogen and oxygen atoms in total. The first-order chi connectivity index (χ1) is 9.59. The van der Waals surface area contributed by atoms with Gasteiger partial charge in [0.25, 0.3) is 0 Å². The van der Waals surface area contributed by atoms with Gasteiger partial charge in [-0.25, -0.2) is 0 Å². The van der Waals surface area contributed by atoms with Gasteiger partial charge < -0.3 is 0 Å². The third-order valence-corrected chi connectivity index (χ3v) is 6.03. The van der Waals surface area contributed by atoms with Crippen LogP contribution in [0.5, 0.6) is 0 Å². The topological polar surface area (TPSA) is 92.3 Å². The number of allylic oxidation sites excluding steroid dienone is 2. The van der Waals surface area contributed by atoms with E-state index < -0.39 is 0 Å². The van der Waals surface area contributed by atoms with Crippen LogP contribution >= 0.6 is 0 Å². The lowest BCUT2D eigenvalue weighted by atomic mass is 9.40. The second-order valence-corrected chi connectivity index (χ2v) is 6.50. The monoisotopic (exact) mass is 272 g/mol. The van der Waals surface area contributed by atoms with Crippen LogP contribution < -0.4 is 10.6 Å². The molecule has 4 amide bonds. The van der Waals surface area contributed by atoms with Crippen LogP contribution in [0.3, 0.4) is 0 Å². The van der Waals surface area contributed by atoms with Gasteiger partial charge in [-0.15, -0.1) is 0 Å². The molecule has 6 heteroatoms. The molecule has 0 aromatic heterocycles. The average Bonchev–Trinajstić information content (AvgIpc) is 2.78. The Balaban J connectivity index is 1.63. The summed E-state index contributed by atoms with van der Waals surface area (Å²) in [6.45, 7) is 0. The van der Waals surface area contributed by atoms with Crippen LogP contribution in [0.4, 0.5) is 0 Å². The van der Waals surface area contributed by atoms with Crippen molar-refractivity contribution in [2.45, 2.75) is 0 Å². The van der Waals surface area contributed by atoms with E-state index in [2.05, 4.69) is 10.6 Å². The number of hydrogen-bond donors (Lipinski definition) is 2. The number of hydrogen-bond acceptors (Lipinski definition) is 4. The van der Waals surface area contributed by atoms with E-state index in [0.29, 0.717) is 0 Å². The van der Waals surface area contributed by atoms with Gasteiger partial charge in [0.1, 0.15) is 0 Å². The molecule has 102 valence electrons. The van der Waals surface area contributed by atoms with Gasteiger partial charge in [0.2, 0.25) is 23.6 Å². The Bertz CT molecular complexity index is 587. The molecule has 0 aromatic rings. The molecule has 0 aromatic carbocycles. The van der Waals surface area contributed by atoms with Gasteiger partial charge in [0.05, 0.1) is 23.7 Å². The standard InChI is InChI=1S/C14H12N2O4/c17-11-7-3-1-2-4(8(7)12(18)15-11)6-5(3)9-10(6)14(20)16-13(9)19/h1-10H,(H,15,17,18)(H,16,19,20)/t3-,4-,5-,6-,7-,8-,9-,10-/m1/s1. The van der Waals surface area contributed by atoms with E-state index in [9.17, 15) is 19.2 Å². The minimum atomic E-state index is -0.344.